The Balaban J connectivity index is 1.77. The van der Waals surface area contributed by atoms with E-state index in [1.807, 2.05) is 25.1 Å². The second-order valence-corrected chi connectivity index (χ2v) is 29.1. The van der Waals surface area contributed by atoms with Gasteiger partial charge in [-0.25, -0.2) is 0 Å². The molecule has 8 atom stereocenters. The van der Waals surface area contributed by atoms with E-state index < -0.39 is 25.0 Å². The fourth-order valence-corrected chi connectivity index (χ4v) is 9.52. The van der Waals surface area contributed by atoms with Crippen LogP contribution in [0.2, 0.25) is 58.9 Å². The lowest BCUT2D eigenvalue weighted by Gasteiger charge is -2.47. The van der Waals surface area contributed by atoms with Crippen LogP contribution in [0.25, 0.3) is 5.76 Å². The first-order chi connectivity index (χ1) is 20.2. The van der Waals surface area contributed by atoms with E-state index in [2.05, 4.69) is 72.8 Å². The first-order valence-corrected chi connectivity index (χ1v) is 26.4. The summed E-state index contributed by atoms with van der Waals surface area (Å²) in [5.41, 5.74) is 1.49. The van der Waals surface area contributed by atoms with Crippen molar-refractivity contribution in [2.24, 2.45) is 11.8 Å². The maximum atomic E-state index is 12.8. The van der Waals surface area contributed by atoms with Crippen molar-refractivity contribution in [2.75, 3.05) is 6.61 Å². The summed E-state index contributed by atoms with van der Waals surface area (Å²) in [5.74, 6) is 0.159. The lowest BCUT2D eigenvalue weighted by molar-refractivity contribution is -0.152. The summed E-state index contributed by atoms with van der Waals surface area (Å²) in [6.45, 7) is 26.9. The molecule has 0 spiro atoms. The zero-order valence-electron chi connectivity index (χ0n) is 29.2. The Morgan fingerprint density at radius 3 is 2.07 bits per heavy atom. The van der Waals surface area contributed by atoms with Gasteiger partial charge in [0.1, 0.15) is 5.76 Å². The topological polar surface area (TPSA) is 86.8 Å². The number of hydrogen-bond donors (Lipinski definition) is 1. The van der Waals surface area contributed by atoms with Crippen LogP contribution in [-0.4, -0.2) is 79.1 Å². The Morgan fingerprint density at radius 2 is 1.50 bits per heavy atom. The number of allylic oxidation sites excluding steroid dienone is 2. The SMILES string of the molecule is C/C(=C\C(=O)/C=C(\O)c1ccccc1)C[C@@H]1OC[C@H](C[C@@H]2O[C@H]2[C@@H](C)[C@H](C)O[Si](C)(C)C)[C@@H](O[Si](C)(C)C)[C@H]1O[Si](C)(C)C. The van der Waals surface area contributed by atoms with Crippen LogP contribution in [0, 0.1) is 11.8 Å². The van der Waals surface area contributed by atoms with Gasteiger partial charge in [0, 0.05) is 29.6 Å². The standard InChI is InChI=1S/C34H58O7Si3/c1-23(18-28(35)21-29(36)26-16-14-13-15-17-26)19-30-34(41-44(10,11)12)33(40-43(7,8)9)27(22-37-30)20-31-32(38-31)24(2)25(3)39-42(4,5)6/h13-18,21,24-25,27,30-34,36H,19-20,22H2,1-12H3/b23-18+,29-21-/t24-,25-,27-,30-,31-,32-,33+,34-/m0/s1. The Bertz CT molecular complexity index is 1150. The van der Waals surface area contributed by atoms with E-state index in [1.165, 1.54) is 6.08 Å². The lowest BCUT2D eigenvalue weighted by Crippen LogP contribution is -2.58. The average molecular weight is 663 g/mol. The molecule has 0 unspecified atom stereocenters. The van der Waals surface area contributed by atoms with Crippen molar-refractivity contribution in [1.82, 2.24) is 0 Å². The quantitative estimate of drug-likeness (QED) is 0.0882. The summed E-state index contributed by atoms with van der Waals surface area (Å²) in [6, 6.07) is 9.08. The van der Waals surface area contributed by atoms with Crippen LogP contribution in [0.1, 0.15) is 39.2 Å². The molecular weight excluding hydrogens is 605 g/mol. The van der Waals surface area contributed by atoms with E-state index in [9.17, 15) is 9.90 Å². The Hall–Kier alpha value is -1.38. The molecule has 2 aliphatic heterocycles. The fraction of sp³-hybridized carbons (Fsp3) is 0.676. The van der Waals surface area contributed by atoms with Crippen molar-refractivity contribution in [3.05, 3.63) is 53.6 Å². The molecule has 0 saturated carbocycles. The highest BCUT2D eigenvalue weighted by Crippen LogP contribution is 2.41. The van der Waals surface area contributed by atoms with Crippen LogP contribution in [0.5, 0.6) is 0 Å². The fourth-order valence-electron chi connectivity index (χ4n) is 5.94. The highest BCUT2D eigenvalue weighted by atomic mass is 28.4. The van der Waals surface area contributed by atoms with Crippen molar-refractivity contribution >= 4 is 36.5 Å². The molecule has 3 rings (SSSR count). The molecule has 44 heavy (non-hydrogen) atoms. The van der Waals surface area contributed by atoms with Crippen molar-refractivity contribution in [3.8, 4) is 0 Å². The van der Waals surface area contributed by atoms with E-state index in [4.69, 9.17) is 22.8 Å². The summed E-state index contributed by atoms with van der Waals surface area (Å²) in [6.07, 6.45) is 4.15. The molecule has 2 fully saturated rings. The van der Waals surface area contributed by atoms with Crippen LogP contribution in [-0.2, 0) is 27.5 Å². The molecule has 1 N–H and O–H groups in total. The van der Waals surface area contributed by atoms with E-state index >= 15 is 0 Å². The number of hydrogen-bond acceptors (Lipinski definition) is 7. The maximum Gasteiger partial charge on any atom is 0.184 e. The number of ether oxygens (including phenoxy) is 2. The van der Waals surface area contributed by atoms with Crippen LogP contribution in [0.4, 0.5) is 0 Å². The average Bonchev–Trinajstić information content (AvgIpc) is 3.63. The van der Waals surface area contributed by atoms with Crippen molar-refractivity contribution in [3.63, 3.8) is 0 Å². The second-order valence-electron chi connectivity index (χ2n) is 15.7. The van der Waals surface area contributed by atoms with Crippen LogP contribution < -0.4 is 0 Å². The lowest BCUT2D eigenvalue weighted by atomic mass is 9.85. The maximum absolute atomic E-state index is 12.8. The molecule has 10 heteroatoms. The monoisotopic (exact) mass is 662 g/mol. The molecule has 2 saturated heterocycles. The normalized spacial score (nSPS) is 28.5. The van der Waals surface area contributed by atoms with Gasteiger partial charge < -0.3 is 27.9 Å². The van der Waals surface area contributed by atoms with Crippen LogP contribution >= 0.6 is 0 Å². The minimum Gasteiger partial charge on any atom is -0.507 e. The van der Waals surface area contributed by atoms with Crippen LogP contribution in [0.3, 0.4) is 0 Å². The first kappa shape index (κ1) is 37.1. The van der Waals surface area contributed by atoms with Gasteiger partial charge in [0.25, 0.3) is 0 Å². The molecule has 0 aromatic heterocycles. The van der Waals surface area contributed by atoms with Gasteiger partial charge in [-0.15, -0.1) is 0 Å². The number of aliphatic hydroxyl groups is 1. The van der Waals surface area contributed by atoms with E-state index in [0.29, 0.717) is 24.5 Å². The molecular formula is C34H58O7Si3. The molecule has 1 aromatic carbocycles. The number of aliphatic hydroxyl groups excluding tert-OH is 1. The minimum absolute atomic E-state index is 0.0451. The van der Waals surface area contributed by atoms with Gasteiger partial charge in [0.15, 0.2) is 30.7 Å². The molecule has 0 bridgehead atoms. The molecule has 1 aromatic rings. The third kappa shape index (κ3) is 12.1. The summed E-state index contributed by atoms with van der Waals surface area (Å²) in [5, 5.41) is 10.4. The summed E-state index contributed by atoms with van der Waals surface area (Å²) in [7, 11) is -5.57. The Labute approximate surface area is 269 Å². The third-order valence-corrected chi connectivity index (χ3v) is 10.9. The van der Waals surface area contributed by atoms with Gasteiger partial charge in [-0.05, 0) is 91.7 Å². The molecule has 0 radical (unpaired) electrons. The van der Waals surface area contributed by atoms with Gasteiger partial charge in [-0.3, -0.25) is 4.79 Å². The van der Waals surface area contributed by atoms with Gasteiger partial charge in [-0.2, -0.15) is 0 Å². The summed E-state index contributed by atoms with van der Waals surface area (Å²) >= 11 is 0. The highest BCUT2D eigenvalue weighted by molar-refractivity contribution is 6.70. The first-order valence-electron chi connectivity index (χ1n) is 16.2. The summed E-state index contributed by atoms with van der Waals surface area (Å²) in [4.78, 5) is 12.8. The van der Waals surface area contributed by atoms with Crippen LogP contribution in [0.15, 0.2) is 48.1 Å². The minimum atomic E-state index is -1.99. The highest BCUT2D eigenvalue weighted by Gasteiger charge is 2.51. The second kappa shape index (κ2) is 15.0. The molecule has 0 aliphatic carbocycles. The summed E-state index contributed by atoms with van der Waals surface area (Å²) < 4.78 is 33.0. The molecule has 2 heterocycles. The smallest absolute Gasteiger partial charge is 0.184 e. The molecule has 0 amide bonds. The van der Waals surface area contributed by atoms with Crippen molar-refractivity contribution in [2.45, 2.75) is 129 Å². The van der Waals surface area contributed by atoms with Gasteiger partial charge in [0.05, 0.1) is 37.1 Å². The predicted molar refractivity (Wildman–Crippen MR) is 186 cm³/mol. The Kier molecular flexibility index (Phi) is 12.7. The van der Waals surface area contributed by atoms with Gasteiger partial charge >= 0.3 is 0 Å². The third-order valence-electron chi connectivity index (χ3n) is 7.87. The number of carbonyl (C=O) groups excluding carboxylic acids is 1. The Morgan fingerprint density at radius 1 is 0.909 bits per heavy atom. The largest absolute Gasteiger partial charge is 0.507 e. The van der Waals surface area contributed by atoms with E-state index in [1.54, 1.807) is 18.2 Å². The van der Waals surface area contributed by atoms with Crippen molar-refractivity contribution in [1.29, 1.82) is 0 Å². The number of epoxide rings is 1. The predicted octanol–water partition coefficient (Wildman–Crippen LogP) is 7.98. The van der Waals surface area contributed by atoms with Crippen molar-refractivity contribution < 1.29 is 32.7 Å². The number of carbonyl (C=O) groups is 1. The van der Waals surface area contributed by atoms with E-state index in [-0.39, 0.29) is 54.1 Å². The number of rotatable bonds is 15. The zero-order valence-corrected chi connectivity index (χ0v) is 32.2. The number of ketones is 1. The van der Waals surface area contributed by atoms with Gasteiger partial charge in [-0.1, -0.05) is 42.8 Å². The zero-order chi connectivity index (χ0) is 33.0. The van der Waals surface area contributed by atoms with E-state index in [0.717, 1.165) is 12.0 Å². The molecule has 7 nitrogen and oxygen atoms in total. The molecule has 248 valence electrons. The number of benzene rings is 1. The molecule has 2 aliphatic rings. The van der Waals surface area contributed by atoms with Gasteiger partial charge in [0.2, 0.25) is 0 Å².